The van der Waals surface area contributed by atoms with Gasteiger partial charge in [0.25, 0.3) is 0 Å². The molecule has 124 valence electrons. The monoisotopic (exact) mass is 317 g/mol. The first kappa shape index (κ1) is 18.3. The zero-order valence-electron chi connectivity index (χ0n) is 12.8. The van der Waals surface area contributed by atoms with Crippen LogP contribution in [-0.4, -0.2) is 37.1 Å². The Bertz CT molecular complexity index is 456. The molecule has 0 heterocycles. The van der Waals surface area contributed by atoms with Gasteiger partial charge in [-0.3, -0.25) is 0 Å². The van der Waals surface area contributed by atoms with Crippen LogP contribution < -0.4 is 10.6 Å². The number of nitrogens with zero attached hydrogens (tertiary/aromatic N) is 1. The summed E-state index contributed by atoms with van der Waals surface area (Å²) in [5, 5.41) is 5.19. The van der Waals surface area contributed by atoms with E-state index in [1.807, 2.05) is 0 Å². The molecule has 0 aromatic heterocycles. The topological polar surface area (TPSA) is 44.4 Å². The van der Waals surface area contributed by atoms with Gasteiger partial charge in [-0.15, -0.1) is 0 Å². The molecule has 0 fully saturated rings. The van der Waals surface area contributed by atoms with Crippen LogP contribution >= 0.6 is 0 Å². The van der Waals surface area contributed by atoms with E-state index in [-0.39, 0.29) is 0 Å². The predicted molar refractivity (Wildman–Crippen MR) is 80.9 cm³/mol. The van der Waals surface area contributed by atoms with Crippen molar-refractivity contribution in [3.05, 3.63) is 29.8 Å². The Kier molecular flexibility index (Phi) is 7.17. The molecule has 0 saturated heterocycles. The van der Waals surface area contributed by atoms with Crippen LogP contribution in [0.15, 0.2) is 24.3 Å². The van der Waals surface area contributed by atoms with E-state index in [1.54, 1.807) is 0 Å². The number of benzene rings is 1. The van der Waals surface area contributed by atoms with Crippen molar-refractivity contribution in [2.75, 3.05) is 31.5 Å². The summed E-state index contributed by atoms with van der Waals surface area (Å²) in [7, 11) is 0. The Morgan fingerprint density at radius 3 is 2.23 bits per heavy atom. The summed E-state index contributed by atoms with van der Waals surface area (Å²) >= 11 is 0. The number of carbonyl (C=O) groups is 1. The fourth-order valence-electron chi connectivity index (χ4n) is 1.96. The molecule has 0 spiro atoms. The zero-order valence-corrected chi connectivity index (χ0v) is 12.8. The van der Waals surface area contributed by atoms with Gasteiger partial charge in [0.05, 0.1) is 5.56 Å². The van der Waals surface area contributed by atoms with Gasteiger partial charge in [-0.25, -0.2) is 4.79 Å². The standard InChI is InChI=1S/C15H22F3N3O/c1-3-21(4-2)11-5-10-19-14(22)20-13-8-6-12(7-9-13)15(16,17)18/h6-9H,3-5,10-11H2,1-2H3,(H2,19,20,22). The number of anilines is 1. The number of amides is 2. The number of alkyl halides is 3. The lowest BCUT2D eigenvalue weighted by Gasteiger charge is -2.17. The number of halogens is 3. The molecule has 1 rings (SSSR count). The SMILES string of the molecule is CCN(CC)CCCNC(=O)Nc1ccc(C(F)(F)F)cc1. The molecule has 0 aliphatic heterocycles. The summed E-state index contributed by atoms with van der Waals surface area (Å²) in [6.07, 6.45) is -3.55. The number of rotatable bonds is 7. The lowest BCUT2D eigenvalue weighted by molar-refractivity contribution is -0.137. The summed E-state index contributed by atoms with van der Waals surface area (Å²) in [4.78, 5) is 13.9. The van der Waals surface area contributed by atoms with Crippen LogP contribution in [0.1, 0.15) is 25.8 Å². The number of hydrogen-bond donors (Lipinski definition) is 2. The molecule has 0 bridgehead atoms. The lowest BCUT2D eigenvalue weighted by Crippen LogP contribution is -2.32. The van der Waals surface area contributed by atoms with Crippen LogP contribution in [0.5, 0.6) is 0 Å². The Morgan fingerprint density at radius 1 is 1.14 bits per heavy atom. The van der Waals surface area contributed by atoms with Gasteiger partial charge in [0.1, 0.15) is 0 Å². The molecular formula is C15H22F3N3O. The molecule has 0 unspecified atom stereocenters. The average molecular weight is 317 g/mol. The van der Waals surface area contributed by atoms with E-state index >= 15 is 0 Å². The quantitative estimate of drug-likeness (QED) is 0.755. The van der Waals surface area contributed by atoms with Crippen LogP contribution in [-0.2, 0) is 6.18 Å². The first-order valence-corrected chi connectivity index (χ1v) is 7.31. The summed E-state index contributed by atoms with van der Waals surface area (Å²) < 4.78 is 37.2. The first-order valence-electron chi connectivity index (χ1n) is 7.31. The maximum Gasteiger partial charge on any atom is 0.416 e. The van der Waals surface area contributed by atoms with Gasteiger partial charge in [-0.1, -0.05) is 13.8 Å². The molecule has 2 N–H and O–H groups in total. The van der Waals surface area contributed by atoms with Crippen molar-refractivity contribution in [3.63, 3.8) is 0 Å². The number of hydrogen-bond acceptors (Lipinski definition) is 2. The lowest BCUT2D eigenvalue weighted by atomic mass is 10.2. The highest BCUT2D eigenvalue weighted by molar-refractivity contribution is 5.89. The molecular weight excluding hydrogens is 295 g/mol. The minimum atomic E-state index is -4.37. The molecule has 22 heavy (non-hydrogen) atoms. The van der Waals surface area contributed by atoms with Crippen molar-refractivity contribution in [1.29, 1.82) is 0 Å². The van der Waals surface area contributed by atoms with Crippen LogP contribution in [0, 0.1) is 0 Å². The first-order chi connectivity index (χ1) is 10.4. The van der Waals surface area contributed by atoms with Crippen LogP contribution in [0.2, 0.25) is 0 Å². The van der Waals surface area contributed by atoms with Gasteiger partial charge >= 0.3 is 12.2 Å². The third kappa shape index (κ3) is 6.34. The van der Waals surface area contributed by atoms with E-state index in [0.29, 0.717) is 12.2 Å². The smallest absolute Gasteiger partial charge is 0.338 e. The van der Waals surface area contributed by atoms with Gasteiger partial charge in [-0.2, -0.15) is 13.2 Å². The van der Waals surface area contributed by atoms with Crippen LogP contribution in [0.4, 0.5) is 23.7 Å². The third-order valence-corrected chi connectivity index (χ3v) is 3.30. The van der Waals surface area contributed by atoms with Crippen molar-refractivity contribution in [1.82, 2.24) is 10.2 Å². The van der Waals surface area contributed by atoms with Crippen molar-refractivity contribution in [2.45, 2.75) is 26.4 Å². The van der Waals surface area contributed by atoms with Gasteiger partial charge in [-0.05, 0) is 50.3 Å². The molecule has 0 atom stereocenters. The van der Waals surface area contributed by atoms with E-state index in [2.05, 4.69) is 29.4 Å². The number of carbonyl (C=O) groups excluding carboxylic acids is 1. The van der Waals surface area contributed by atoms with E-state index < -0.39 is 17.8 Å². The molecule has 0 aliphatic carbocycles. The minimum absolute atomic E-state index is 0.328. The second kappa shape index (κ2) is 8.63. The van der Waals surface area contributed by atoms with E-state index in [4.69, 9.17) is 0 Å². The molecule has 1 aromatic carbocycles. The fourth-order valence-corrected chi connectivity index (χ4v) is 1.96. The van der Waals surface area contributed by atoms with Crippen molar-refractivity contribution < 1.29 is 18.0 Å². The Balaban J connectivity index is 2.33. The Hall–Kier alpha value is -1.76. The summed E-state index contributed by atoms with van der Waals surface area (Å²) in [5.74, 6) is 0. The molecule has 7 heteroatoms. The minimum Gasteiger partial charge on any atom is -0.338 e. The largest absolute Gasteiger partial charge is 0.416 e. The molecule has 0 saturated carbocycles. The highest BCUT2D eigenvalue weighted by atomic mass is 19.4. The second-order valence-electron chi connectivity index (χ2n) is 4.84. The highest BCUT2D eigenvalue weighted by Gasteiger charge is 2.29. The van der Waals surface area contributed by atoms with Gasteiger partial charge < -0.3 is 15.5 Å². The maximum atomic E-state index is 12.4. The van der Waals surface area contributed by atoms with E-state index in [9.17, 15) is 18.0 Å². The fraction of sp³-hybridized carbons (Fsp3) is 0.533. The molecule has 1 aromatic rings. The highest BCUT2D eigenvalue weighted by Crippen LogP contribution is 2.29. The van der Waals surface area contributed by atoms with Crippen LogP contribution in [0.3, 0.4) is 0 Å². The normalized spacial score (nSPS) is 11.5. The van der Waals surface area contributed by atoms with Crippen molar-refractivity contribution >= 4 is 11.7 Å². The second-order valence-corrected chi connectivity index (χ2v) is 4.84. The molecule has 0 aliphatic rings. The van der Waals surface area contributed by atoms with Crippen molar-refractivity contribution in [2.24, 2.45) is 0 Å². The zero-order chi connectivity index (χ0) is 16.6. The summed E-state index contributed by atoms with van der Waals surface area (Å²) in [5.41, 5.74) is -0.410. The number of urea groups is 1. The van der Waals surface area contributed by atoms with Crippen LogP contribution in [0.25, 0.3) is 0 Å². The van der Waals surface area contributed by atoms with Gasteiger partial charge in [0, 0.05) is 12.2 Å². The van der Waals surface area contributed by atoms with E-state index in [1.165, 1.54) is 12.1 Å². The summed E-state index contributed by atoms with van der Waals surface area (Å²) in [6.45, 7) is 7.50. The van der Waals surface area contributed by atoms with E-state index in [0.717, 1.165) is 38.2 Å². The van der Waals surface area contributed by atoms with Gasteiger partial charge in [0.15, 0.2) is 0 Å². The maximum absolute atomic E-state index is 12.4. The summed E-state index contributed by atoms with van der Waals surface area (Å²) in [6, 6.07) is 3.93. The third-order valence-electron chi connectivity index (χ3n) is 3.30. The number of nitrogens with one attached hydrogen (secondary N) is 2. The molecule has 0 radical (unpaired) electrons. The Morgan fingerprint density at radius 2 is 1.73 bits per heavy atom. The molecule has 2 amide bonds. The molecule has 4 nitrogen and oxygen atoms in total. The Labute approximate surface area is 128 Å². The predicted octanol–water partition coefficient (Wildman–Crippen LogP) is 3.56. The van der Waals surface area contributed by atoms with Crippen molar-refractivity contribution in [3.8, 4) is 0 Å². The average Bonchev–Trinajstić information content (AvgIpc) is 2.47. The van der Waals surface area contributed by atoms with Gasteiger partial charge in [0.2, 0.25) is 0 Å².